The number of rotatable bonds is 5. The Bertz CT molecular complexity index is 825. The highest BCUT2D eigenvalue weighted by molar-refractivity contribution is 6.30. The average molecular weight is 386 g/mol. The van der Waals surface area contributed by atoms with Crippen LogP contribution in [0.3, 0.4) is 0 Å². The molecule has 27 heavy (non-hydrogen) atoms. The summed E-state index contributed by atoms with van der Waals surface area (Å²) in [7, 11) is 0. The lowest BCUT2D eigenvalue weighted by Crippen LogP contribution is -2.39. The van der Waals surface area contributed by atoms with Crippen LogP contribution in [-0.4, -0.2) is 41.3 Å². The number of piperidine rings is 1. The molecule has 1 saturated heterocycles. The van der Waals surface area contributed by atoms with Crippen LogP contribution < -0.4 is 5.32 Å². The minimum Gasteiger partial charge on any atom is -0.352 e. The van der Waals surface area contributed by atoms with Crippen LogP contribution in [0.25, 0.3) is 0 Å². The van der Waals surface area contributed by atoms with Gasteiger partial charge in [-0.3, -0.25) is 14.6 Å². The van der Waals surface area contributed by atoms with Gasteiger partial charge in [0.15, 0.2) is 0 Å². The molecule has 6 heteroatoms. The van der Waals surface area contributed by atoms with Crippen molar-refractivity contribution in [1.82, 2.24) is 15.2 Å². The fourth-order valence-corrected chi connectivity index (χ4v) is 3.57. The normalized spacial score (nSPS) is 16.8. The van der Waals surface area contributed by atoms with E-state index in [0.717, 1.165) is 31.5 Å². The molecule has 2 aromatic rings. The minimum atomic E-state index is -0.230. The van der Waals surface area contributed by atoms with Gasteiger partial charge in [0.2, 0.25) is 0 Å². The lowest BCUT2D eigenvalue weighted by atomic mass is 9.99. The van der Waals surface area contributed by atoms with E-state index < -0.39 is 0 Å². The van der Waals surface area contributed by atoms with Crippen LogP contribution in [0.15, 0.2) is 42.7 Å². The van der Waals surface area contributed by atoms with Gasteiger partial charge in [0.1, 0.15) is 0 Å². The van der Waals surface area contributed by atoms with Crippen LogP contribution in [0.1, 0.15) is 46.0 Å². The molecule has 1 fully saturated rings. The van der Waals surface area contributed by atoms with E-state index in [1.807, 2.05) is 29.2 Å². The predicted molar refractivity (Wildman–Crippen MR) is 106 cm³/mol. The molecular weight excluding hydrogens is 362 g/mol. The second-order valence-electron chi connectivity index (χ2n) is 7.10. The van der Waals surface area contributed by atoms with Crippen molar-refractivity contribution in [3.05, 3.63) is 64.4 Å². The lowest BCUT2D eigenvalue weighted by Gasteiger charge is -2.30. The summed E-state index contributed by atoms with van der Waals surface area (Å²) in [5.41, 5.74) is 1.92. The lowest BCUT2D eigenvalue weighted by molar-refractivity contribution is 0.0682. The summed E-state index contributed by atoms with van der Waals surface area (Å²) >= 11 is 5.97. The van der Waals surface area contributed by atoms with Crippen molar-refractivity contribution in [3.63, 3.8) is 0 Å². The molecular formula is C21H24ClN3O2. The molecule has 1 aliphatic heterocycles. The molecule has 1 aromatic carbocycles. The largest absolute Gasteiger partial charge is 0.352 e. The maximum absolute atomic E-state index is 12.7. The first-order valence-electron chi connectivity index (χ1n) is 9.30. The van der Waals surface area contributed by atoms with Crippen molar-refractivity contribution in [3.8, 4) is 0 Å². The van der Waals surface area contributed by atoms with E-state index in [1.165, 1.54) is 12.4 Å². The number of carbonyl (C=O) groups is 2. The van der Waals surface area contributed by atoms with Crippen molar-refractivity contribution in [2.45, 2.75) is 26.2 Å². The number of amides is 2. The third kappa shape index (κ3) is 5.30. The van der Waals surface area contributed by atoms with Crippen molar-refractivity contribution in [2.24, 2.45) is 5.92 Å². The van der Waals surface area contributed by atoms with Crippen LogP contribution in [-0.2, 0) is 6.42 Å². The summed E-state index contributed by atoms with van der Waals surface area (Å²) in [6, 6.07) is 9.19. The number of aromatic nitrogens is 1. The molecule has 2 heterocycles. The van der Waals surface area contributed by atoms with E-state index in [-0.39, 0.29) is 11.8 Å². The second kappa shape index (κ2) is 9.00. The molecule has 1 unspecified atom stereocenters. The molecule has 1 aliphatic rings. The highest BCUT2D eigenvalue weighted by atomic mass is 35.5. The summed E-state index contributed by atoms with van der Waals surface area (Å²) in [5, 5.41) is 3.55. The SMILES string of the molecule is CC1CCCN(C(=O)c2cncc(C(=O)NCCc3cccc(Cl)c3)c2)C1. The van der Waals surface area contributed by atoms with Gasteiger partial charge < -0.3 is 10.2 Å². The van der Waals surface area contributed by atoms with Crippen molar-refractivity contribution in [1.29, 1.82) is 0 Å². The number of benzene rings is 1. The first kappa shape index (κ1) is 19.4. The van der Waals surface area contributed by atoms with Crippen molar-refractivity contribution < 1.29 is 9.59 Å². The molecule has 1 aromatic heterocycles. The summed E-state index contributed by atoms with van der Waals surface area (Å²) in [6.45, 7) is 4.16. The van der Waals surface area contributed by atoms with Gasteiger partial charge in [-0.2, -0.15) is 0 Å². The molecule has 0 radical (unpaired) electrons. The number of likely N-dealkylation sites (tertiary alicyclic amines) is 1. The number of pyridine rings is 1. The summed E-state index contributed by atoms with van der Waals surface area (Å²) in [6.07, 6.45) is 5.87. The van der Waals surface area contributed by atoms with Crippen LogP contribution >= 0.6 is 11.6 Å². The quantitative estimate of drug-likeness (QED) is 0.855. The van der Waals surface area contributed by atoms with Gasteiger partial charge in [0.05, 0.1) is 11.1 Å². The smallest absolute Gasteiger partial charge is 0.255 e. The third-order valence-corrected chi connectivity index (χ3v) is 5.01. The summed E-state index contributed by atoms with van der Waals surface area (Å²) in [4.78, 5) is 31.0. The van der Waals surface area contributed by atoms with Gasteiger partial charge >= 0.3 is 0 Å². The standard InChI is InChI=1S/C21H24ClN3O2/c1-15-4-3-9-25(14-15)21(27)18-11-17(12-23-13-18)20(26)24-8-7-16-5-2-6-19(22)10-16/h2,5-6,10-13,15H,3-4,7-9,14H2,1H3,(H,24,26). The average Bonchev–Trinajstić information content (AvgIpc) is 2.67. The Labute approximate surface area is 164 Å². The molecule has 1 N–H and O–H groups in total. The number of nitrogens with one attached hydrogen (secondary N) is 1. The molecule has 0 saturated carbocycles. The molecule has 5 nitrogen and oxygen atoms in total. The number of carbonyl (C=O) groups excluding carboxylic acids is 2. The fourth-order valence-electron chi connectivity index (χ4n) is 3.35. The Morgan fingerprint density at radius 1 is 1.26 bits per heavy atom. The number of nitrogens with zero attached hydrogens (tertiary/aromatic N) is 2. The molecule has 2 amide bonds. The topological polar surface area (TPSA) is 62.3 Å². The van der Waals surface area contributed by atoms with E-state index in [4.69, 9.17) is 11.6 Å². The number of halogens is 1. The van der Waals surface area contributed by atoms with Crippen LogP contribution in [0, 0.1) is 5.92 Å². The zero-order valence-corrected chi connectivity index (χ0v) is 16.2. The van der Waals surface area contributed by atoms with E-state index in [0.29, 0.717) is 35.0 Å². The van der Waals surface area contributed by atoms with Crippen LogP contribution in [0.5, 0.6) is 0 Å². The molecule has 142 valence electrons. The zero-order chi connectivity index (χ0) is 19.2. The Hall–Kier alpha value is -2.40. The Balaban J connectivity index is 1.59. The van der Waals surface area contributed by atoms with Crippen molar-refractivity contribution >= 4 is 23.4 Å². The van der Waals surface area contributed by atoms with Crippen molar-refractivity contribution in [2.75, 3.05) is 19.6 Å². The van der Waals surface area contributed by atoms with Gasteiger partial charge in [-0.15, -0.1) is 0 Å². The predicted octanol–water partition coefficient (Wildman–Crippen LogP) is 3.58. The highest BCUT2D eigenvalue weighted by Crippen LogP contribution is 2.18. The van der Waals surface area contributed by atoms with Crippen LogP contribution in [0.4, 0.5) is 0 Å². The molecule has 0 aliphatic carbocycles. The Kier molecular flexibility index (Phi) is 6.45. The number of hydrogen-bond acceptors (Lipinski definition) is 3. The maximum Gasteiger partial charge on any atom is 0.255 e. The molecule has 3 rings (SSSR count). The monoisotopic (exact) mass is 385 g/mol. The second-order valence-corrected chi connectivity index (χ2v) is 7.53. The summed E-state index contributed by atoms with van der Waals surface area (Å²) < 4.78 is 0. The molecule has 0 bridgehead atoms. The van der Waals surface area contributed by atoms with Gasteiger partial charge in [0.25, 0.3) is 11.8 Å². The summed E-state index contributed by atoms with van der Waals surface area (Å²) in [5.74, 6) is 0.224. The van der Waals surface area contributed by atoms with Gasteiger partial charge in [-0.1, -0.05) is 30.7 Å². The highest BCUT2D eigenvalue weighted by Gasteiger charge is 2.22. The first-order chi connectivity index (χ1) is 13.0. The van der Waals surface area contributed by atoms with Gasteiger partial charge in [-0.05, 0) is 48.9 Å². The van der Waals surface area contributed by atoms with Gasteiger partial charge in [0, 0.05) is 37.1 Å². The first-order valence-corrected chi connectivity index (χ1v) is 9.67. The minimum absolute atomic E-state index is 0.0531. The van der Waals surface area contributed by atoms with E-state index in [9.17, 15) is 9.59 Å². The molecule has 0 spiro atoms. The van der Waals surface area contributed by atoms with E-state index in [2.05, 4.69) is 17.2 Å². The van der Waals surface area contributed by atoms with E-state index >= 15 is 0 Å². The fraction of sp³-hybridized carbons (Fsp3) is 0.381. The zero-order valence-electron chi connectivity index (χ0n) is 15.5. The third-order valence-electron chi connectivity index (χ3n) is 4.78. The van der Waals surface area contributed by atoms with E-state index in [1.54, 1.807) is 6.07 Å². The Morgan fingerprint density at radius 3 is 2.85 bits per heavy atom. The molecule has 1 atom stereocenters. The van der Waals surface area contributed by atoms with Gasteiger partial charge in [-0.25, -0.2) is 0 Å². The Morgan fingerprint density at radius 2 is 2.07 bits per heavy atom. The maximum atomic E-state index is 12.7. The van der Waals surface area contributed by atoms with Crippen LogP contribution in [0.2, 0.25) is 5.02 Å². The number of hydrogen-bond donors (Lipinski definition) is 1.